The van der Waals surface area contributed by atoms with E-state index in [1.165, 1.54) is 0 Å². The molecule has 0 radical (unpaired) electrons. The van der Waals surface area contributed by atoms with Crippen LogP contribution in [0.15, 0.2) is 59.2 Å². The molecule has 1 aromatic carbocycles. The van der Waals surface area contributed by atoms with Gasteiger partial charge in [-0.25, -0.2) is 4.98 Å². The van der Waals surface area contributed by atoms with E-state index in [1.54, 1.807) is 36.7 Å². The van der Waals surface area contributed by atoms with Crippen LogP contribution in [0.5, 0.6) is 0 Å². The Bertz CT molecular complexity index is 1020. The first-order valence-electron chi connectivity index (χ1n) is 9.04. The van der Waals surface area contributed by atoms with Gasteiger partial charge in [0.15, 0.2) is 5.82 Å². The number of anilines is 3. The van der Waals surface area contributed by atoms with Gasteiger partial charge in [-0.2, -0.15) is 4.98 Å². The zero-order valence-electron chi connectivity index (χ0n) is 16.0. The van der Waals surface area contributed by atoms with Gasteiger partial charge in [0, 0.05) is 35.8 Å². The molecule has 0 spiro atoms. The Morgan fingerprint density at radius 3 is 2.62 bits per heavy atom. The van der Waals surface area contributed by atoms with Crippen molar-refractivity contribution in [2.75, 3.05) is 16.2 Å². The van der Waals surface area contributed by atoms with Gasteiger partial charge in [-0.15, -0.1) is 0 Å². The molecule has 3 aromatic rings. The van der Waals surface area contributed by atoms with Gasteiger partial charge in [0.05, 0.1) is 11.4 Å². The summed E-state index contributed by atoms with van der Waals surface area (Å²) in [6, 6.07) is 12.6. The number of nitrogens with zero attached hydrogens (tertiary/aromatic N) is 4. The molecule has 0 aliphatic rings. The predicted octanol–water partition coefficient (Wildman–Crippen LogP) is 4.44. The van der Waals surface area contributed by atoms with Crippen molar-refractivity contribution in [3.8, 4) is 11.3 Å². The largest absolute Gasteiger partial charge is 0.454 e. The first-order valence-corrected chi connectivity index (χ1v) is 10.1. The Kier molecular flexibility index (Phi) is 6.93. The maximum absolute atomic E-state index is 10.7. The lowest BCUT2D eigenvalue weighted by atomic mass is 10.2. The van der Waals surface area contributed by atoms with Crippen LogP contribution in [0.4, 0.5) is 23.1 Å². The standard InChI is InChI=1S/C19H22N7O2S/c1-3-13(2)21-19-22-17(14-5-4-10-20-12-14)11-18(23-19)25-24-15-6-8-16(9-7-15)26-29(27)28/h4-13,24H,3H2,1-2H3,(H,26,27,28)(H2,21,22,23,25)/q-1/t13-/m0/s1. The maximum Gasteiger partial charge on any atom is 0.225 e. The number of benzene rings is 1. The van der Waals surface area contributed by atoms with Crippen LogP contribution in [0.25, 0.3) is 11.3 Å². The third-order valence-corrected chi connectivity index (χ3v) is 4.42. The number of hydrazine groups is 1. The Morgan fingerprint density at radius 2 is 1.97 bits per heavy atom. The van der Waals surface area contributed by atoms with Gasteiger partial charge in [0.1, 0.15) is 0 Å². The fraction of sp³-hybridized carbons (Fsp3) is 0.211. The summed E-state index contributed by atoms with van der Waals surface area (Å²) in [5.41, 5.74) is 8.89. The van der Waals surface area contributed by atoms with E-state index in [-0.39, 0.29) is 6.04 Å². The normalized spacial score (nSPS) is 12.9. The highest BCUT2D eigenvalue weighted by molar-refractivity contribution is 7.68. The maximum atomic E-state index is 10.7. The molecule has 10 heteroatoms. The minimum Gasteiger partial charge on any atom is -0.454 e. The van der Waals surface area contributed by atoms with Crippen molar-refractivity contribution in [2.24, 2.45) is 4.36 Å². The van der Waals surface area contributed by atoms with Crippen LogP contribution in [0.1, 0.15) is 20.3 Å². The number of nitrogens with one attached hydrogen (secondary N) is 3. The lowest BCUT2D eigenvalue weighted by Crippen LogP contribution is -2.17. The third kappa shape index (κ3) is 6.13. The highest BCUT2D eigenvalue weighted by Gasteiger charge is 2.09. The number of hydrogen-bond acceptors (Lipinski definition) is 9. The molecule has 1 atom stereocenters. The number of aromatic nitrogens is 3. The van der Waals surface area contributed by atoms with Crippen molar-refractivity contribution in [1.29, 1.82) is 0 Å². The fourth-order valence-corrected chi connectivity index (χ4v) is 2.69. The van der Waals surface area contributed by atoms with E-state index >= 15 is 0 Å². The van der Waals surface area contributed by atoms with Gasteiger partial charge in [-0.1, -0.05) is 17.8 Å². The number of pyridine rings is 1. The topological polar surface area (TPSA) is 124 Å². The van der Waals surface area contributed by atoms with E-state index in [4.69, 9.17) is 4.55 Å². The molecule has 0 aliphatic carbocycles. The SMILES string of the molecule is CC[C@H](C)Nc1nc(NNc2ccc(N=[S-](=O)O)cc2)cc(-c2cccnc2)n1. The van der Waals surface area contributed by atoms with Gasteiger partial charge >= 0.3 is 0 Å². The Hall–Kier alpha value is -3.24. The van der Waals surface area contributed by atoms with Gasteiger partial charge in [-0.3, -0.25) is 15.8 Å². The van der Waals surface area contributed by atoms with E-state index in [9.17, 15) is 4.21 Å². The lowest BCUT2D eigenvalue weighted by molar-refractivity contribution is 0.529. The van der Waals surface area contributed by atoms with Crippen molar-refractivity contribution in [2.45, 2.75) is 26.3 Å². The second-order valence-electron chi connectivity index (χ2n) is 6.28. The molecule has 3 rings (SSSR count). The average molecular weight is 412 g/mol. The van der Waals surface area contributed by atoms with Crippen LogP contribution in [-0.2, 0) is 15.1 Å². The monoisotopic (exact) mass is 412 g/mol. The molecule has 4 N–H and O–H groups in total. The molecule has 0 saturated heterocycles. The van der Waals surface area contributed by atoms with Crippen LogP contribution in [0.3, 0.4) is 0 Å². The first-order chi connectivity index (χ1) is 14.0. The molecule has 0 aliphatic heterocycles. The Morgan fingerprint density at radius 1 is 1.17 bits per heavy atom. The molecule has 152 valence electrons. The summed E-state index contributed by atoms with van der Waals surface area (Å²) in [5, 5.41) is 3.29. The zero-order valence-corrected chi connectivity index (χ0v) is 16.8. The summed E-state index contributed by atoms with van der Waals surface area (Å²) < 4.78 is 23.1. The van der Waals surface area contributed by atoms with Crippen molar-refractivity contribution < 1.29 is 8.76 Å². The summed E-state index contributed by atoms with van der Waals surface area (Å²) in [6.07, 6.45) is 4.41. The second kappa shape index (κ2) is 9.80. The summed E-state index contributed by atoms with van der Waals surface area (Å²) in [4.78, 5) is 13.3. The number of rotatable bonds is 8. The van der Waals surface area contributed by atoms with E-state index in [0.717, 1.165) is 23.4 Å². The molecule has 9 nitrogen and oxygen atoms in total. The van der Waals surface area contributed by atoms with Crippen molar-refractivity contribution in [1.82, 2.24) is 15.0 Å². The summed E-state index contributed by atoms with van der Waals surface area (Å²) >= 11 is 0. The van der Waals surface area contributed by atoms with Crippen LogP contribution in [-0.4, -0.2) is 25.5 Å². The second-order valence-corrected chi connectivity index (χ2v) is 6.92. The highest BCUT2D eigenvalue weighted by atomic mass is 32.2. The number of hydrogen-bond donors (Lipinski definition) is 4. The molecule has 0 unspecified atom stereocenters. The van der Waals surface area contributed by atoms with Crippen molar-refractivity contribution in [3.63, 3.8) is 0 Å². The van der Waals surface area contributed by atoms with Crippen LogP contribution >= 0.6 is 0 Å². The zero-order chi connectivity index (χ0) is 20.6. The highest BCUT2D eigenvalue weighted by Crippen LogP contribution is 2.22. The van der Waals surface area contributed by atoms with Crippen LogP contribution in [0.2, 0.25) is 0 Å². The Balaban J connectivity index is 1.81. The molecule has 2 heterocycles. The van der Waals surface area contributed by atoms with Gasteiger partial charge < -0.3 is 18.4 Å². The Labute approximate surface area is 171 Å². The van der Waals surface area contributed by atoms with Gasteiger partial charge in [0.2, 0.25) is 5.95 Å². The molecule has 0 amide bonds. The quantitative estimate of drug-likeness (QED) is 0.243. The first kappa shape index (κ1) is 20.5. The van der Waals surface area contributed by atoms with E-state index in [0.29, 0.717) is 17.5 Å². The minimum absolute atomic E-state index is 0.230. The van der Waals surface area contributed by atoms with Gasteiger partial charge in [-0.05, 0) is 49.7 Å². The molecule has 29 heavy (non-hydrogen) atoms. The molecular weight excluding hydrogens is 390 g/mol. The smallest absolute Gasteiger partial charge is 0.225 e. The van der Waals surface area contributed by atoms with Crippen LogP contribution in [0, 0.1) is 0 Å². The van der Waals surface area contributed by atoms with Crippen molar-refractivity contribution in [3.05, 3.63) is 54.9 Å². The molecule has 0 fully saturated rings. The summed E-state index contributed by atoms with van der Waals surface area (Å²) in [6.45, 7) is 4.16. The van der Waals surface area contributed by atoms with Crippen LogP contribution < -0.4 is 16.2 Å². The van der Waals surface area contributed by atoms with Crippen molar-refractivity contribution >= 4 is 34.0 Å². The van der Waals surface area contributed by atoms with E-state index in [2.05, 4.69) is 49.3 Å². The van der Waals surface area contributed by atoms with Gasteiger partial charge in [0.25, 0.3) is 0 Å². The molecule has 0 saturated carbocycles. The lowest BCUT2D eigenvalue weighted by Gasteiger charge is -2.15. The summed E-state index contributed by atoms with van der Waals surface area (Å²) in [7, 11) is -2.23. The molecule has 2 aromatic heterocycles. The fourth-order valence-electron chi connectivity index (χ4n) is 2.39. The molecular formula is C19H22N7O2S-. The average Bonchev–Trinajstić information content (AvgIpc) is 2.73. The summed E-state index contributed by atoms with van der Waals surface area (Å²) in [5.74, 6) is 1.10. The predicted molar refractivity (Wildman–Crippen MR) is 115 cm³/mol. The third-order valence-electron chi connectivity index (χ3n) is 4.06. The minimum atomic E-state index is -2.23. The van der Waals surface area contributed by atoms with E-state index in [1.807, 2.05) is 18.2 Å². The molecule has 0 bridgehead atoms. The van der Waals surface area contributed by atoms with E-state index < -0.39 is 10.9 Å².